The van der Waals surface area contributed by atoms with Crippen molar-refractivity contribution < 1.29 is 33.0 Å². The molecule has 0 spiro atoms. The van der Waals surface area contributed by atoms with E-state index in [0.717, 1.165) is 68.6 Å². The maximum absolute atomic E-state index is 13.5. The Morgan fingerprint density at radius 2 is 1.70 bits per heavy atom. The number of carbonyl (C=O) groups is 2. The van der Waals surface area contributed by atoms with E-state index in [-0.39, 0.29) is 40.3 Å². The summed E-state index contributed by atoms with van der Waals surface area (Å²) in [6, 6.07) is 14.8. The van der Waals surface area contributed by atoms with Crippen LogP contribution >= 0.6 is 23.4 Å². The molecule has 16 nitrogen and oxygen atoms in total. The number of hydrogen-bond acceptors (Lipinski definition) is 14. The van der Waals surface area contributed by atoms with Crippen molar-refractivity contribution in [3.05, 3.63) is 82.5 Å². The van der Waals surface area contributed by atoms with Crippen molar-refractivity contribution in [2.75, 3.05) is 66.7 Å². The van der Waals surface area contributed by atoms with Crippen molar-refractivity contribution >= 4 is 69.9 Å². The molecule has 3 saturated heterocycles. The molecule has 3 fully saturated rings. The minimum Gasteiger partial charge on any atom is -0.508 e. The summed E-state index contributed by atoms with van der Waals surface area (Å²) in [5.41, 5.74) is 14.2. The highest BCUT2D eigenvalue weighted by molar-refractivity contribution is 7.99. The first-order valence-electron chi connectivity index (χ1n) is 22.0. The lowest BCUT2D eigenvalue weighted by atomic mass is 9.91. The van der Waals surface area contributed by atoms with Crippen LogP contribution in [0.4, 0.5) is 36.2 Å². The van der Waals surface area contributed by atoms with Crippen LogP contribution in [0.2, 0.25) is 5.02 Å². The normalized spacial score (nSPS) is 17.2. The van der Waals surface area contributed by atoms with Gasteiger partial charge in [-0.1, -0.05) is 55.4 Å². The number of alkyl halides is 3. The van der Waals surface area contributed by atoms with Gasteiger partial charge >= 0.3 is 6.18 Å². The molecule has 0 aliphatic carbocycles. The first-order chi connectivity index (χ1) is 31.7. The third-order valence-electron chi connectivity index (χ3n) is 12.5. The number of nitrogens with two attached hydrogens (primary N) is 2. The zero-order chi connectivity index (χ0) is 48.4. The van der Waals surface area contributed by atoms with Gasteiger partial charge in [0.15, 0.2) is 11.7 Å². The first kappa shape index (κ1) is 49.2. The van der Waals surface area contributed by atoms with E-state index in [1.54, 1.807) is 55.7 Å². The molecule has 3 aromatic carbocycles. The smallest absolute Gasteiger partial charge is 0.405 e. The van der Waals surface area contributed by atoms with Gasteiger partial charge in [0.25, 0.3) is 5.91 Å². The predicted molar refractivity (Wildman–Crippen MR) is 254 cm³/mol. The van der Waals surface area contributed by atoms with E-state index in [1.165, 1.54) is 17.8 Å². The van der Waals surface area contributed by atoms with Gasteiger partial charge in [0.1, 0.15) is 34.7 Å². The number of aromatic hydroxyl groups is 2. The predicted octanol–water partition coefficient (Wildman–Crippen LogP) is 6.74. The minimum absolute atomic E-state index is 0.0906. The second-order valence-corrected chi connectivity index (χ2v) is 19.4. The van der Waals surface area contributed by atoms with Crippen molar-refractivity contribution in [2.24, 2.45) is 11.7 Å². The Balaban J connectivity index is 0.907. The summed E-state index contributed by atoms with van der Waals surface area (Å²) < 4.78 is 38.9. The summed E-state index contributed by atoms with van der Waals surface area (Å²) in [7, 11) is 0. The van der Waals surface area contributed by atoms with Gasteiger partial charge in [-0.25, -0.2) is 9.97 Å². The first-order valence-corrected chi connectivity index (χ1v) is 23.2. The van der Waals surface area contributed by atoms with Crippen LogP contribution in [0.25, 0.3) is 0 Å². The van der Waals surface area contributed by atoms with E-state index in [9.17, 15) is 33.0 Å². The van der Waals surface area contributed by atoms with Gasteiger partial charge in [-0.3, -0.25) is 35.1 Å². The molecule has 4 aromatic rings. The van der Waals surface area contributed by atoms with Gasteiger partial charge in [-0.15, -0.1) is 0 Å². The van der Waals surface area contributed by atoms with Crippen molar-refractivity contribution in [2.45, 2.75) is 86.6 Å². The molecule has 67 heavy (non-hydrogen) atoms. The number of aromatic nitrogens is 2. The quantitative estimate of drug-likeness (QED) is 0.0543. The minimum atomic E-state index is -4.73. The fourth-order valence-electron chi connectivity index (χ4n) is 8.43. The van der Waals surface area contributed by atoms with Gasteiger partial charge in [-0.2, -0.15) is 13.2 Å². The molecule has 358 valence electrons. The molecule has 3 aliphatic heterocycles. The van der Waals surface area contributed by atoms with Crippen LogP contribution in [0.15, 0.2) is 70.7 Å². The van der Waals surface area contributed by atoms with Crippen molar-refractivity contribution in [3.63, 3.8) is 0 Å². The lowest BCUT2D eigenvalue weighted by Crippen LogP contribution is -2.60. The van der Waals surface area contributed by atoms with Crippen molar-refractivity contribution in [3.8, 4) is 11.5 Å². The molecule has 0 bridgehead atoms. The summed E-state index contributed by atoms with van der Waals surface area (Å²) in [5.74, 6) is -3.11. The number of phenols is 2. The highest BCUT2D eigenvalue weighted by Gasteiger charge is 2.36. The number of likely N-dealkylation sites (tertiary alicyclic amines) is 2. The molecular formula is C46H56ClF3N12O4S. The number of hydrogen-bond donors (Lipinski definition) is 8. The van der Waals surface area contributed by atoms with Crippen LogP contribution < -0.4 is 31.9 Å². The molecule has 21 heteroatoms. The molecule has 0 unspecified atom stereocenters. The van der Waals surface area contributed by atoms with Crippen LogP contribution in [0.1, 0.15) is 69.1 Å². The standard InChI is InChI=1S/C46H56ClF3N12O4S/c1-26(2)31-19-32(35(64)20-34(31)63)40(52)62(41(53)43(66)56-25-46(48,49)50)29-9-7-27(8-10-29)22-59-23-30(24-59)60-15-11-28(12-16-60)42(65)57-33-5-4-6-36(38(33)47)67-44-39(51)58-37(21-55-44)61-17-13-45(3,54)14-18-61/h4-10,19-21,26,28,30,52-53,63-64H,11-18,22-25,54H2,1-3H3,(H2,51,58)(H,56,66)(H,57,65). The third-order valence-corrected chi connectivity index (χ3v) is 14.1. The number of amidine groups is 2. The lowest BCUT2D eigenvalue weighted by Gasteiger charge is -2.47. The topological polar surface area (TPSA) is 237 Å². The monoisotopic (exact) mass is 964 g/mol. The van der Waals surface area contributed by atoms with Crippen molar-refractivity contribution in [1.29, 1.82) is 10.8 Å². The fourth-order valence-corrected chi connectivity index (χ4v) is 9.52. The number of nitrogens with zero attached hydrogens (tertiary/aromatic N) is 6. The van der Waals surface area contributed by atoms with Crippen LogP contribution in [-0.2, 0) is 16.1 Å². The van der Waals surface area contributed by atoms with Crippen LogP contribution in [0.5, 0.6) is 11.5 Å². The van der Waals surface area contributed by atoms with Crippen LogP contribution in [0, 0.1) is 16.7 Å². The SMILES string of the molecule is CC(C)c1cc(C(=N)N(C(=N)C(=O)NCC(F)(F)F)c2ccc(CN3CC(N4CCC(C(=O)Nc5cccc(Sc6ncc(N7CCC(C)(N)CC7)nc6N)c5Cl)CC4)C3)cc2)c(O)cc1O. The zero-order valence-corrected chi connectivity index (χ0v) is 39.0. The number of nitrogen functional groups attached to an aromatic ring is 1. The van der Waals surface area contributed by atoms with E-state index in [0.29, 0.717) is 63.3 Å². The number of carbonyl (C=O) groups excluding carboxylic acids is 2. The molecule has 7 rings (SSSR count). The number of amides is 2. The molecule has 0 saturated carbocycles. The second kappa shape index (κ2) is 20.3. The van der Waals surface area contributed by atoms with E-state index < -0.39 is 36.0 Å². The van der Waals surface area contributed by atoms with Gasteiger partial charge in [0, 0.05) is 66.9 Å². The Morgan fingerprint density at radius 3 is 2.33 bits per heavy atom. The number of rotatable bonds is 12. The van der Waals surface area contributed by atoms with Gasteiger partial charge in [0.2, 0.25) is 5.91 Å². The summed E-state index contributed by atoms with van der Waals surface area (Å²) in [5, 5.41) is 44.2. The molecule has 0 radical (unpaired) electrons. The maximum Gasteiger partial charge on any atom is 0.405 e. The Morgan fingerprint density at radius 1 is 1.03 bits per heavy atom. The van der Waals surface area contributed by atoms with E-state index in [4.69, 9.17) is 33.9 Å². The Bertz CT molecular complexity index is 2490. The third kappa shape index (κ3) is 11.9. The molecule has 2 amide bonds. The average Bonchev–Trinajstić information content (AvgIpc) is 3.26. The van der Waals surface area contributed by atoms with E-state index >= 15 is 0 Å². The number of halogens is 4. The number of benzene rings is 3. The number of piperidine rings is 2. The van der Waals surface area contributed by atoms with Gasteiger partial charge < -0.3 is 37.2 Å². The Labute approximate surface area is 396 Å². The Hall–Kier alpha value is -5.67. The van der Waals surface area contributed by atoms with E-state index in [2.05, 4.69) is 36.9 Å². The average molecular weight is 966 g/mol. The molecular weight excluding hydrogens is 909 g/mol. The zero-order valence-electron chi connectivity index (χ0n) is 37.5. The summed E-state index contributed by atoms with van der Waals surface area (Å²) in [4.78, 5) is 43.8. The Kier molecular flexibility index (Phi) is 14.9. The summed E-state index contributed by atoms with van der Waals surface area (Å²) in [6.07, 6.45) is 0.0507. The van der Waals surface area contributed by atoms with Gasteiger partial charge in [0.05, 0.1) is 22.5 Å². The maximum atomic E-state index is 13.5. The lowest BCUT2D eigenvalue weighted by molar-refractivity contribution is -0.134. The highest BCUT2D eigenvalue weighted by Crippen LogP contribution is 2.40. The van der Waals surface area contributed by atoms with Crippen molar-refractivity contribution in [1.82, 2.24) is 25.1 Å². The molecule has 10 N–H and O–H groups in total. The summed E-state index contributed by atoms with van der Waals surface area (Å²) in [6.45, 7) is 9.17. The highest BCUT2D eigenvalue weighted by atomic mass is 35.5. The number of nitrogens with one attached hydrogen (secondary N) is 4. The molecule has 1 aromatic heterocycles. The molecule has 4 heterocycles. The van der Waals surface area contributed by atoms with Crippen LogP contribution in [0.3, 0.4) is 0 Å². The molecule has 3 aliphatic rings. The largest absolute Gasteiger partial charge is 0.508 e. The van der Waals surface area contributed by atoms with E-state index in [1.807, 2.05) is 12.1 Å². The van der Waals surface area contributed by atoms with Gasteiger partial charge in [-0.05, 0) is 93.1 Å². The van der Waals surface area contributed by atoms with Crippen LogP contribution in [-0.4, -0.2) is 117 Å². The fraction of sp³-hybridized carbons (Fsp3) is 0.435. The second-order valence-electron chi connectivity index (χ2n) is 18.0. The summed E-state index contributed by atoms with van der Waals surface area (Å²) >= 11 is 8.11. The number of phenolic OH excluding ortho intramolecular Hbond substituents is 2. The number of anilines is 4. The molecule has 0 atom stereocenters.